The van der Waals surface area contributed by atoms with Crippen molar-refractivity contribution in [1.82, 2.24) is 37.2 Å². The molecular weight excluding hydrogens is 839 g/mol. The van der Waals surface area contributed by atoms with E-state index >= 15 is 0 Å². The highest BCUT2D eigenvalue weighted by molar-refractivity contribution is 6.04. The van der Waals surface area contributed by atoms with Crippen LogP contribution >= 0.6 is 0 Å². The maximum atomic E-state index is 14.3. The molecule has 357 valence electrons. The van der Waals surface area contributed by atoms with Crippen molar-refractivity contribution in [2.75, 3.05) is 18.0 Å². The van der Waals surface area contributed by atoms with Crippen LogP contribution in [0.25, 0.3) is 10.8 Å². The minimum Gasteiger partial charge on any atom is -0.391 e. The molecule has 1 aliphatic heterocycles. The predicted molar refractivity (Wildman–Crippen MR) is 245 cm³/mol. The van der Waals surface area contributed by atoms with Crippen LogP contribution in [0, 0.1) is 17.2 Å². The molecule has 2 aromatic rings. The number of hydrogen-bond acceptors (Lipinski definition) is 11. The van der Waals surface area contributed by atoms with E-state index in [4.69, 9.17) is 16.9 Å². The largest absolute Gasteiger partial charge is 0.391 e. The Morgan fingerprint density at radius 3 is 1.97 bits per heavy atom. The van der Waals surface area contributed by atoms with E-state index in [1.807, 2.05) is 50.5 Å². The summed E-state index contributed by atoms with van der Waals surface area (Å²) in [5.41, 5.74) is 11.3. The van der Waals surface area contributed by atoms with Gasteiger partial charge in [-0.1, -0.05) is 58.0 Å². The van der Waals surface area contributed by atoms with Crippen LogP contribution in [0.2, 0.25) is 0 Å². The number of carbonyl (C=O) groups excluding carboxylic acids is 8. The van der Waals surface area contributed by atoms with Crippen molar-refractivity contribution in [3.63, 3.8) is 0 Å². The van der Waals surface area contributed by atoms with Crippen molar-refractivity contribution in [2.45, 2.75) is 141 Å². The van der Waals surface area contributed by atoms with E-state index in [0.29, 0.717) is 18.7 Å². The van der Waals surface area contributed by atoms with Gasteiger partial charge in [0.15, 0.2) is 5.96 Å². The van der Waals surface area contributed by atoms with Gasteiger partial charge in [-0.25, -0.2) is 0 Å². The zero-order valence-corrected chi connectivity index (χ0v) is 38.2. The molecule has 1 heterocycles. The fourth-order valence-corrected chi connectivity index (χ4v) is 7.45. The number of nitrogens with one attached hydrogen (secondary N) is 8. The molecule has 0 unspecified atom stereocenters. The van der Waals surface area contributed by atoms with Crippen LogP contribution in [0.4, 0.5) is 5.69 Å². The molecule has 0 aromatic heterocycles. The van der Waals surface area contributed by atoms with Crippen molar-refractivity contribution in [3.05, 3.63) is 42.5 Å². The van der Waals surface area contributed by atoms with E-state index in [0.717, 1.165) is 17.2 Å². The fraction of sp³-hybridized carbons (Fsp3) is 0.578. The number of aliphatic hydroxyl groups excluding tert-OH is 1. The molecule has 8 atom stereocenters. The standard InChI is InChI=1S/C45H68N11O9/c1-25(2)21-32(24-57)56(31-16-15-29-11-7-8-12-30(29)23-31)44(65)27(5)51-40(61)35(17-18-37(46)59)53-41(62)34(14-10-20-50-45(47)48)52-42(63)36(22-26(3)4)54-43(64)38(28(6)58)55-39(60)33-13-9-19-49-33/h7-8,11-12,15-16,23,25-28,32-36,38,49,58H,9-10,13-14,17-22H2,1-6H3,(H2,46,59)(H,51,61)(H,52,63)(H,53,62)(H,54,64)(H,55,60)(H4,47,48,50)/t27-,28+,32-,33-,34-,35-,36-,38-/m0/s1. The molecule has 13 N–H and O–H groups in total. The molecule has 7 amide bonds. The molecule has 2 aromatic carbocycles. The van der Waals surface area contributed by atoms with Crippen LogP contribution in [0.1, 0.15) is 92.9 Å². The molecule has 0 spiro atoms. The third kappa shape index (κ3) is 17.1. The van der Waals surface area contributed by atoms with Gasteiger partial charge in [-0.3, -0.25) is 48.7 Å². The Hall–Kier alpha value is -6.15. The SMILES string of the molecule is CC(C)C[C@H](NC(=O)[C@@H](NC(=O)[C@@H]1CCCN1)[C@@H](C)O)C(=O)N[C@@H](CCCNC(=N)N)C(=O)N[C@@H](CCC(N)=O)C(=O)N[C@@H](C)C(=O)N(c1ccc2ccccc2c1)[C@H]([C]=O)CC(C)C. The molecule has 3 rings (SSSR count). The lowest BCUT2D eigenvalue weighted by Crippen LogP contribution is -2.61. The second-order valence-corrected chi connectivity index (χ2v) is 17.4. The summed E-state index contributed by atoms with van der Waals surface area (Å²) in [5, 5.41) is 38.4. The third-order valence-corrected chi connectivity index (χ3v) is 10.8. The quantitative estimate of drug-likeness (QED) is 0.0334. The lowest BCUT2D eigenvalue weighted by molar-refractivity contribution is -0.136. The summed E-state index contributed by atoms with van der Waals surface area (Å²) in [4.78, 5) is 108. The topological polar surface area (TPSA) is 320 Å². The van der Waals surface area contributed by atoms with Gasteiger partial charge in [0.1, 0.15) is 36.3 Å². The van der Waals surface area contributed by atoms with Crippen LogP contribution in [0.5, 0.6) is 0 Å². The Kier molecular flexibility index (Phi) is 21.3. The van der Waals surface area contributed by atoms with Gasteiger partial charge >= 0.3 is 0 Å². The van der Waals surface area contributed by atoms with Crippen LogP contribution in [-0.4, -0.2) is 120 Å². The Morgan fingerprint density at radius 1 is 0.800 bits per heavy atom. The number of nitrogens with zero attached hydrogens (tertiary/aromatic N) is 1. The first-order valence-electron chi connectivity index (χ1n) is 22.2. The summed E-state index contributed by atoms with van der Waals surface area (Å²) in [6, 6.07) is 4.49. The second kappa shape index (κ2) is 26.0. The number of anilines is 1. The molecule has 0 bridgehead atoms. The Morgan fingerprint density at radius 2 is 1.40 bits per heavy atom. The molecule has 1 aliphatic rings. The summed E-state index contributed by atoms with van der Waals surface area (Å²) in [6.45, 7) is 10.9. The van der Waals surface area contributed by atoms with E-state index in [1.165, 1.54) is 18.7 Å². The van der Waals surface area contributed by atoms with E-state index in [2.05, 4.69) is 37.2 Å². The number of amides is 7. The van der Waals surface area contributed by atoms with Crippen molar-refractivity contribution < 1.29 is 43.5 Å². The van der Waals surface area contributed by atoms with Gasteiger partial charge in [-0.2, -0.15) is 0 Å². The van der Waals surface area contributed by atoms with E-state index in [-0.39, 0.29) is 62.9 Å². The monoisotopic (exact) mass is 907 g/mol. The first-order valence-corrected chi connectivity index (χ1v) is 22.2. The maximum absolute atomic E-state index is 14.3. The van der Waals surface area contributed by atoms with Crippen molar-refractivity contribution in [2.24, 2.45) is 23.3 Å². The highest BCUT2D eigenvalue weighted by atomic mass is 16.3. The molecule has 1 radical (unpaired) electrons. The molecule has 1 saturated heterocycles. The van der Waals surface area contributed by atoms with Crippen molar-refractivity contribution >= 4 is 70.1 Å². The highest BCUT2D eigenvalue weighted by Crippen LogP contribution is 2.26. The number of aliphatic hydroxyl groups is 1. The third-order valence-electron chi connectivity index (χ3n) is 10.8. The van der Waals surface area contributed by atoms with Crippen LogP contribution in [-0.2, 0) is 38.4 Å². The van der Waals surface area contributed by atoms with Gasteiger partial charge in [-0.05, 0) is 100 Å². The van der Waals surface area contributed by atoms with Gasteiger partial charge in [0, 0.05) is 18.7 Å². The maximum Gasteiger partial charge on any atom is 0.249 e. The fourth-order valence-electron chi connectivity index (χ4n) is 7.45. The number of nitrogens with two attached hydrogens (primary N) is 2. The van der Waals surface area contributed by atoms with Gasteiger partial charge < -0.3 is 53.8 Å². The number of guanidine groups is 1. The molecule has 20 heteroatoms. The Bertz CT molecular complexity index is 1990. The first-order chi connectivity index (χ1) is 30.7. The van der Waals surface area contributed by atoms with Gasteiger partial charge in [0.2, 0.25) is 47.6 Å². The Labute approximate surface area is 380 Å². The number of primary amides is 1. The number of hydrogen-bond donors (Lipinski definition) is 11. The summed E-state index contributed by atoms with van der Waals surface area (Å²) < 4.78 is 0. The molecule has 0 aliphatic carbocycles. The molecule has 1 fully saturated rings. The molecular formula is C45H68N11O9. The molecule has 20 nitrogen and oxygen atoms in total. The van der Waals surface area contributed by atoms with E-state index in [1.54, 1.807) is 26.0 Å². The van der Waals surface area contributed by atoms with Gasteiger partial charge in [0.25, 0.3) is 0 Å². The lowest BCUT2D eigenvalue weighted by atomic mass is 10.0. The van der Waals surface area contributed by atoms with E-state index < -0.39 is 89.7 Å². The van der Waals surface area contributed by atoms with Crippen molar-refractivity contribution in [1.29, 1.82) is 5.41 Å². The minimum absolute atomic E-state index is 0.00744. The average molecular weight is 907 g/mol. The van der Waals surface area contributed by atoms with Gasteiger partial charge in [-0.15, -0.1) is 0 Å². The van der Waals surface area contributed by atoms with Crippen molar-refractivity contribution in [3.8, 4) is 0 Å². The number of rotatable bonds is 26. The first kappa shape index (κ1) is 53.2. The zero-order chi connectivity index (χ0) is 48.4. The minimum atomic E-state index is -1.45. The average Bonchev–Trinajstić information content (AvgIpc) is 3.79. The zero-order valence-electron chi connectivity index (χ0n) is 38.2. The normalized spacial score (nSPS) is 16.8. The molecule has 0 saturated carbocycles. The number of fused-ring (bicyclic) bond motifs is 1. The smallest absolute Gasteiger partial charge is 0.249 e. The van der Waals surface area contributed by atoms with Crippen LogP contribution in [0.15, 0.2) is 42.5 Å². The van der Waals surface area contributed by atoms with Gasteiger partial charge in [0.05, 0.1) is 12.1 Å². The predicted octanol–water partition coefficient (Wildman–Crippen LogP) is -0.151. The lowest BCUT2D eigenvalue weighted by Gasteiger charge is -2.32. The summed E-state index contributed by atoms with van der Waals surface area (Å²) in [6.07, 6.45) is 1.83. The second-order valence-electron chi connectivity index (χ2n) is 17.4. The number of benzene rings is 2. The Balaban J connectivity index is 1.88. The summed E-state index contributed by atoms with van der Waals surface area (Å²) in [5.74, 6) is -5.72. The van der Waals surface area contributed by atoms with Crippen LogP contribution in [0.3, 0.4) is 0 Å². The van der Waals surface area contributed by atoms with Crippen LogP contribution < -0.4 is 53.6 Å². The number of carbonyl (C=O) groups is 7. The summed E-state index contributed by atoms with van der Waals surface area (Å²) in [7, 11) is 0. The molecule has 65 heavy (non-hydrogen) atoms. The highest BCUT2D eigenvalue weighted by Gasteiger charge is 2.36. The van der Waals surface area contributed by atoms with E-state index in [9.17, 15) is 43.5 Å². The summed E-state index contributed by atoms with van der Waals surface area (Å²) >= 11 is 0.